The highest BCUT2D eigenvalue weighted by atomic mass is 16.5. The first-order valence-electron chi connectivity index (χ1n) is 6.30. The number of carboxylic acids is 1. The first-order chi connectivity index (χ1) is 9.50. The minimum absolute atomic E-state index is 0.0798. The van der Waals surface area contributed by atoms with Gasteiger partial charge in [0.2, 0.25) is 0 Å². The lowest BCUT2D eigenvalue weighted by Crippen LogP contribution is -2.07. The van der Waals surface area contributed by atoms with Crippen LogP contribution in [0.15, 0.2) is 36.4 Å². The van der Waals surface area contributed by atoms with E-state index in [1.165, 1.54) is 6.07 Å². The number of anilines is 1. The van der Waals surface area contributed by atoms with Gasteiger partial charge in [-0.05, 0) is 42.7 Å². The highest BCUT2D eigenvalue weighted by Gasteiger charge is 2.14. The summed E-state index contributed by atoms with van der Waals surface area (Å²) in [4.78, 5) is 11.2. The third-order valence-electron chi connectivity index (χ3n) is 3.28. The van der Waals surface area contributed by atoms with Crippen molar-refractivity contribution in [2.75, 3.05) is 5.73 Å². The smallest absolute Gasteiger partial charge is 0.339 e. The van der Waals surface area contributed by atoms with E-state index in [-0.39, 0.29) is 11.3 Å². The van der Waals surface area contributed by atoms with Crippen molar-refractivity contribution in [3.05, 3.63) is 58.7 Å². The molecule has 0 aliphatic rings. The number of nitrogens with two attached hydrogens (primary N) is 1. The number of hydrogen-bond donors (Lipinski definition) is 2. The van der Waals surface area contributed by atoms with Crippen molar-refractivity contribution in [1.82, 2.24) is 0 Å². The van der Waals surface area contributed by atoms with Crippen LogP contribution in [-0.2, 0) is 6.61 Å². The summed E-state index contributed by atoms with van der Waals surface area (Å²) in [6.45, 7) is 4.29. The third-order valence-corrected chi connectivity index (χ3v) is 3.28. The van der Waals surface area contributed by atoms with Crippen LogP contribution in [0.25, 0.3) is 0 Å². The Morgan fingerprint density at radius 1 is 1.15 bits per heavy atom. The van der Waals surface area contributed by atoms with Gasteiger partial charge in [0.05, 0.1) is 5.69 Å². The predicted octanol–water partition coefficient (Wildman–Crippen LogP) is 3.16. The quantitative estimate of drug-likeness (QED) is 0.838. The molecule has 4 heteroatoms. The molecule has 0 fully saturated rings. The van der Waals surface area contributed by atoms with E-state index >= 15 is 0 Å². The summed E-state index contributed by atoms with van der Waals surface area (Å²) in [5.41, 5.74) is 9.48. The van der Waals surface area contributed by atoms with Gasteiger partial charge >= 0.3 is 5.97 Å². The number of para-hydroxylation sites is 1. The van der Waals surface area contributed by atoms with Crippen LogP contribution in [0.4, 0.5) is 5.69 Å². The highest BCUT2D eigenvalue weighted by Crippen LogP contribution is 2.28. The first-order valence-corrected chi connectivity index (χ1v) is 6.30. The molecule has 0 spiro atoms. The van der Waals surface area contributed by atoms with E-state index in [9.17, 15) is 4.79 Å². The van der Waals surface area contributed by atoms with Crippen LogP contribution in [0.5, 0.6) is 5.75 Å². The Balaban J connectivity index is 2.30. The summed E-state index contributed by atoms with van der Waals surface area (Å²) < 4.78 is 5.67. The summed E-state index contributed by atoms with van der Waals surface area (Å²) in [6.07, 6.45) is 0. The van der Waals surface area contributed by atoms with E-state index in [1.54, 1.807) is 12.1 Å². The van der Waals surface area contributed by atoms with Crippen LogP contribution < -0.4 is 10.5 Å². The van der Waals surface area contributed by atoms with Crippen LogP contribution in [0, 0.1) is 13.8 Å². The number of hydrogen-bond acceptors (Lipinski definition) is 3. The molecule has 0 amide bonds. The standard InChI is InChI=1S/C16H17NO3/c1-10-5-3-6-11(2)13(10)9-20-15-12(16(18)19)7-4-8-14(15)17/h3-8H,9,17H2,1-2H3,(H,18,19). The average Bonchev–Trinajstić information content (AvgIpc) is 2.39. The summed E-state index contributed by atoms with van der Waals surface area (Å²) in [5, 5.41) is 9.16. The molecule has 4 nitrogen and oxygen atoms in total. The van der Waals surface area contributed by atoms with Crippen molar-refractivity contribution >= 4 is 11.7 Å². The summed E-state index contributed by atoms with van der Waals surface area (Å²) >= 11 is 0. The molecule has 0 bridgehead atoms. The predicted molar refractivity (Wildman–Crippen MR) is 78.1 cm³/mol. The lowest BCUT2D eigenvalue weighted by atomic mass is 10.0. The normalized spacial score (nSPS) is 10.3. The molecule has 0 saturated carbocycles. The topological polar surface area (TPSA) is 72.5 Å². The van der Waals surface area contributed by atoms with Gasteiger partial charge in [-0.2, -0.15) is 0 Å². The van der Waals surface area contributed by atoms with Crippen LogP contribution in [0.3, 0.4) is 0 Å². The number of carbonyl (C=O) groups is 1. The zero-order valence-corrected chi connectivity index (χ0v) is 11.5. The zero-order valence-electron chi connectivity index (χ0n) is 11.5. The Morgan fingerprint density at radius 2 is 1.75 bits per heavy atom. The van der Waals surface area contributed by atoms with Crippen molar-refractivity contribution in [3.8, 4) is 5.75 Å². The van der Waals surface area contributed by atoms with Gasteiger partial charge in [-0.3, -0.25) is 0 Å². The number of carboxylic acid groups (broad SMARTS) is 1. The summed E-state index contributed by atoms with van der Waals surface area (Å²) in [5.74, 6) is -0.823. The Labute approximate surface area is 117 Å². The van der Waals surface area contributed by atoms with Crippen LogP contribution >= 0.6 is 0 Å². The Hall–Kier alpha value is -2.49. The van der Waals surface area contributed by atoms with Crippen LogP contribution in [-0.4, -0.2) is 11.1 Å². The minimum Gasteiger partial charge on any atom is -0.486 e. The molecule has 3 N–H and O–H groups in total. The second-order valence-corrected chi connectivity index (χ2v) is 4.69. The van der Waals surface area contributed by atoms with Crippen molar-refractivity contribution in [2.24, 2.45) is 0 Å². The fourth-order valence-corrected chi connectivity index (χ4v) is 2.11. The third kappa shape index (κ3) is 2.74. The summed E-state index contributed by atoms with van der Waals surface area (Å²) in [6, 6.07) is 10.7. The molecule has 2 aromatic rings. The number of aryl methyl sites for hydroxylation is 2. The van der Waals surface area contributed by atoms with E-state index in [0.717, 1.165) is 16.7 Å². The van der Waals surface area contributed by atoms with Gasteiger partial charge in [0, 0.05) is 0 Å². The molecular weight excluding hydrogens is 254 g/mol. The molecule has 104 valence electrons. The van der Waals surface area contributed by atoms with Crippen molar-refractivity contribution in [3.63, 3.8) is 0 Å². The zero-order chi connectivity index (χ0) is 14.7. The molecule has 0 heterocycles. The maximum Gasteiger partial charge on any atom is 0.339 e. The fourth-order valence-electron chi connectivity index (χ4n) is 2.11. The lowest BCUT2D eigenvalue weighted by Gasteiger charge is -2.14. The number of rotatable bonds is 4. The van der Waals surface area contributed by atoms with Crippen molar-refractivity contribution in [1.29, 1.82) is 0 Å². The van der Waals surface area contributed by atoms with Gasteiger partial charge in [-0.15, -0.1) is 0 Å². The Kier molecular flexibility index (Phi) is 3.94. The molecule has 0 radical (unpaired) electrons. The number of benzene rings is 2. The SMILES string of the molecule is Cc1cccc(C)c1COc1c(N)cccc1C(=O)O. The lowest BCUT2D eigenvalue weighted by molar-refractivity contribution is 0.0692. The molecule has 2 rings (SSSR count). The maximum atomic E-state index is 11.2. The van der Waals surface area contributed by atoms with Gasteiger partial charge in [0.25, 0.3) is 0 Å². The van der Waals surface area contributed by atoms with Crippen molar-refractivity contribution < 1.29 is 14.6 Å². The van der Waals surface area contributed by atoms with Crippen molar-refractivity contribution in [2.45, 2.75) is 20.5 Å². The maximum absolute atomic E-state index is 11.2. The van der Waals surface area contributed by atoms with Gasteiger partial charge in [-0.1, -0.05) is 24.3 Å². The Bertz CT molecular complexity index is 630. The molecule has 20 heavy (non-hydrogen) atoms. The number of nitrogen functional groups attached to an aromatic ring is 1. The monoisotopic (exact) mass is 271 g/mol. The van der Waals surface area contributed by atoms with E-state index < -0.39 is 5.97 Å². The number of ether oxygens (including phenoxy) is 1. The van der Waals surface area contributed by atoms with Gasteiger partial charge < -0.3 is 15.6 Å². The van der Waals surface area contributed by atoms with Gasteiger partial charge in [-0.25, -0.2) is 4.79 Å². The van der Waals surface area contributed by atoms with E-state index in [2.05, 4.69) is 0 Å². The molecule has 0 aliphatic heterocycles. The van der Waals surface area contributed by atoms with E-state index in [1.807, 2.05) is 32.0 Å². The molecule has 2 aromatic carbocycles. The molecule has 0 atom stereocenters. The minimum atomic E-state index is -1.05. The molecule has 0 aromatic heterocycles. The molecule has 0 saturated heterocycles. The number of aromatic carboxylic acids is 1. The summed E-state index contributed by atoms with van der Waals surface area (Å²) in [7, 11) is 0. The van der Waals surface area contributed by atoms with Crippen LogP contribution in [0.2, 0.25) is 0 Å². The molecule has 0 unspecified atom stereocenters. The van der Waals surface area contributed by atoms with Crippen LogP contribution in [0.1, 0.15) is 27.0 Å². The van der Waals surface area contributed by atoms with E-state index in [4.69, 9.17) is 15.6 Å². The molecular formula is C16H17NO3. The fraction of sp³-hybridized carbons (Fsp3) is 0.188. The largest absolute Gasteiger partial charge is 0.486 e. The van der Waals surface area contributed by atoms with E-state index in [0.29, 0.717) is 12.3 Å². The van der Waals surface area contributed by atoms with Gasteiger partial charge in [0.15, 0.2) is 5.75 Å². The second-order valence-electron chi connectivity index (χ2n) is 4.69. The Morgan fingerprint density at radius 3 is 2.35 bits per heavy atom. The second kappa shape index (κ2) is 5.65. The first kappa shape index (κ1) is 13.9. The van der Waals surface area contributed by atoms with Gasteiger partial charge in [0.1, 0.15) is 12.2 Å². The average molecular weight is 271 g/mol. The molecule has 0 aliphatic carbocycles. The highest BCUT2D eigenvalue weighted by molar-refractivity contribution is 5.93.